The van der Waals surface area contributed by atoms with Crippen LogP contribution in [0.25, 0.3) is 0 Å². The van der Waals surface area contributed by atoms with E-state index in [0.717, 1.165) is 0 Å². The van der Waals surface area contributed by atoms with Gasteiger partial charge in [-0.2, -0.15) is 0 Å². The fraction of sp³-hybridized carbons (Fsp3) is 0.200. The third-order valence-corrected chi connectivity index (χ3v) is 1.90. The number of pyridine rings is 1. The predicted molar refractivity (Wildman–Crippen MR) is 59.7 cm³/mol. The smallest absolute Gasteiger partial charge is 0.180 e. The summed E-state index contributed by atoms with van der Waals surface area (Å²) < 4.78 is 0. The Morgan fingerprint density at radius 3 is 3.13 bits per heavy atom. The van der Waals surface area contributed by atoms with Crippen molar-refractivity contribution in [3.05, 3.63) is 22.8 Å². The number of anilines is 1. The fourth-order valence-corrected chi connectivity index (χ4v) is 1.17. The number of aromatic nitrogens is 1. The SMILES string of the molecule is C#CCNCC(=O)c1cc(Cl)cnc1N. The van der Waals surface area contributed by atoms with Crippen molar-refractivity contribution >= 4 is 23.2 Å². The van der Waals surface area contributed by atoms with Crippen LogP contribution in [0.4, 0.5) is 5.82 Å². The van der Waals surface area contributed by atoms with Crippen LogP contribution in [0.1, 0.15) is 10.4 Å². The number of terminal acetylenes is 1. The third kappa shape index (κ3) is 3.24. The second-order valence-electron chi connectivity index (χ2n) is 2.82. The van der Waals surface area contributed by atoms with Gasteiger partial charge in [0.1, 0.15) is 5.82 Å². The Morgan fingerprint density at radius 1 is 1.73 bits per heavy atom. The summed E-state index contributed by atoms with van der Waals surface area (Å²) in [5, 5.41) is 3.15. The van der Waals surface area contributed by atoms with Gasteiger partial charge in [0.15, 0.2) is 5.78 Å². The van der Waals surface area contributed by atoms with Crippen LogP contribution in [0, 0.1) is 12.3 Å². The summed E-state index contributed by atoms with van der Waals surface area (Å²) in [5.41, 5.74) is 5.85. The third-order valence-electron chi connectivity index (χ3n) is 1.70. The molecule has 5 heteroatoms. The zero-order valence-electron chi connectivity index (χ0n) is 7.96. The first-order valence-corrected chi connectivity index (χ1v) is 4.61. The van der Waals surface area contributed by atoms with E-state index >= 15 is 0 Å². The Bertz CT molecular complexity index is 412. The molecule has 1 aromatic rings. The molecule has 0 atom stereocenters. The number of carbonyl (C=O) groups excluding carboxylic acids is 1. The van der Waals surface area contributed by atoms with Gasteiger partial charge in [0.25, 0.3) is 0 Å². The standard InChI is InChI=1S/C10H10ClN3O/c1-2-3-13-6-9(15)8-4-7(11)5-14-10(8)12/h1,4-5,13H,3,6H2,(H2,12,14). The van der Waals surface area contributed by atoms with Gasteiger partial charge < -0.3 is 5.73 Å². The highest BCUT2D eigenvalue weighted by molar-refractivity contribution is 6.31. The number of hydrogen-bond donors (Lipinski definition) is 2. The predicted octanol–water partition coefficient (Wildman–Crippen LogP) is 0.723. The lowest BCUT2D eigenvalue weighted by Crippen LogP contribution is -2.24. The Morgan fingerprint density at radius 2 is 2.47 bits per heavy atom. The molecule has 1 aromatic heterocycles. The first kappa shape index (κ1) is 11.5. The highest BCUT2D eigenvalue weighted by Crippen LogP contribution is 2.14. The number of halogens is 1. The van der Waals surface area contributed by atoms with Crippen molar-refractivity contribution in [2.45, 2.75) is 0 Å². The summed E-state index contributed by atoms with van der Waals surface area (Å²) in [6.07, 6.45) is 6.42. The Hall–Kier alpha value is -1.57. The molecule has 0 spiro atoms. The molecular weight excluding hydrogens is 214 g/mol. The van der Waals surface area contributed by atoms with E-state index in [1.165, 1.54) is 12.3 Å². The van der Waals surface area contributed by atoms with Crippen LogP contribution >= 0.6 is 11.6 Å². The van der Waals surface area contributed by atoms with Gasteiger partial charge in [-0.25, -0.2) is 4.98 Å². The van der Waals surface area contributed by atoms with E-state index in [-0.39, 0.29) is 18.1 Å². The summed E-state index contributed by atoms with van der Waals surface area (Å²) in [6, 6.07) is 1.49. The molecule has 0 radical (unpaired) electrons. The van der Waals surface area contributed by atoms with Gasteiger partial charge in [0, 0.05) is 6.20 Å². The van der Waals surface area contributed by atoms with Gasteiger partial charge in [0.05, 0.1) is 23.7 Å². The van der Waals surface area contributed by atoms with Crippen LogP contribution in [-0.4, -0.2) is 23.9 Å². The second-order valence-corrected chi connectivity index (χ2v) is 3.25. The highest BCUT2D eigenvalue weighted by Gasteiger charge is 2.10. The number of nitrogens with one attached hydrogen (secondary N) is 1. The summed E-state index contributed by atoms with van der Waals surface area (Å²) >= 11 is 5.70. The monoisotopic (exact) mass is 223 g/mol. The van der Waals surface area contributed by atoms with Gasteiger partial charge in [-0.15, -0.1) is 6.42 Å². The summed E-state index contributed by atoms with van der Waals surface area (Å²) in [6.45, 7) is 0.454. The second kappa shape index (κ2) is 5.35. The fourth-order valence-electron chi connectivity index (χ4n) is 1.02. The van der Waals surface area contributed by atoms with Crippen LogP contribution in [0.3, 0.4) is 0 Å². The number of hydrogen-bond acceptors (Lipinski definition) is 4. The minimum absolute atomic E-state index is 0.121. The zero-order valence-corrected chi connectivity index (χ0v) is 8.71. The van der Waals surface area contributed by atoms with Crippen molar-refractivity contribution in [2.75, 3.05) is 18.8 Å². The molecule has 1 rings (SSSR count). The van der Waals surface area contributed by atoms with Crippen LogP contribution in [0.5, 0.6) is 0 Å². The van der Waals surface area contributed by atoms with Crippen LogP contribution in [0.2, 0.25) is 5.02 Å². The Balaban J connectivity index is 2.73. The number of nitrogens with zero attached hydrogens (tertiary/aromatic N) is 1. The molecule has 0 aromatic carbocycles. The first-order chi connectivity index (χ1) is 7.15. The van der Waals surface area contributed by atoms with Crippen LogP contribution in [0.15, 0.2) is 12.3 Å². The van der Waals surface area contributed by atoms with Crippen LogP contribution in [-0.2, 0) is 0 Å². The lowest BCUT2D eigenvalue weighted by molar-refractivity contribution is 0.0993. The average Bonchev–Trinajstić information content (AvgIpc) is 2.22. The summed E-state index contributed by atoms with van der Waals surface area (Å²) in [7, 11) is 0. The van der Waals surface area contributed by atoms with Crippen molar-refractivity contribution in [3.8, 4) is 12.3 Å². The van der Waals surface area contributed by atoms with Gasteiger partial charge >= 0.3 is 0 Å². The number of carbonyl (C=O) groups is 1. The van der Waals surface area contributed by atoms with E-state index < -0.39 is 0 Å². The molecule has 0 fully saturated rings. The molecule has 0 saturated heterocycles. The molecule has 0 aliphatic carbocycles. The van der Waals surface area contributed by atoms with Crippen molar-refractivity contribution in [1.29, 1.82) is 0 Å². The molecule has 78 valence electrons. The van der Waals surface area contributed by atoms with E-state index in [4.69, 9.17) is 23.8 Å². The number of nitrogen functional groups attached to an aromatic ring is 1. The minimum atomic E-state index is -0.183. The van der Waals surface area contributed by atoms with Crippen molar-refractivity contribution in [1.82, 2.24) is 10.3 Å². The Kier molecular flexibility index (Phi) is 4.10. The largest absolute Gasteiger partial charge is 0.383 e. The maximum absolute atomic E-state index is 11.6. The quantitative estimate of drug-likeness (QED) is 0.449. The van der Waals surface area contributed by atoms with E-state index in [1.54, 1.807) is 0 Å². The molecule has 4 nitrogen and oxygen atoms in total. The highest BCUT2D eigenvalue weighted by atomic mass is 35.5. The molecule has 0 aliphatic rings. The van der Waals surface area contributed by atoms with Gasteiger partial charge in [-0.05, 0) is 6.07 Å². The van der Waals surface area contributed by atoms with Crippen molar-refractivity contribution < 1.29 is 4.79 Å². The Labute approximate surface area is 92.8 Å². The molecule has 1 heterocycles. The molecule has 0 unspecified atom stereocenters. The topological polar surface area (TPSA) is 68.0 Å². The molecule has 0 bridgehead atoms. The number of Topliss-reactive ketones (excluding diaryl/α,β-unsaturated/α-hetero) is 1. The molecular formula is C10H10ClN3O. The van der Waals surface area contributed by atoms with E-state index in [2.05, 4.69) is 16.2 Å². The maximum atomic E-state index is 11.6. The van der Waals surface area contributed by atoms with E-state index in [9.17, 15) is 4.79 Å². The average molecular weight is 224 g/mol. The van der Waals surface area contributed by atoms with Gasteiger partial charge in [0.2, 0.25) is 0 Å². The molecule has 0 saturated carbocycles. The van der Waals surface area contributed by atoms with Gasteiger partial charge in [-0.1, -0.05) is 17.5 Å². The first-order valence-electron chi connectivity index (χ1n) is 4.23. The molecule has 15 heavy (non-hydrogen) atoms. The number of nitrogens with two attached hydrogens (primary N) is 1. The van der Waals surface area contributed by atoms with E-state index in [0.29, 0.717) is 17.1 Å². The molecule has 0 aliphatic heterocycles. The zero-order chi connectivity index (χ0) is 11.3. The number of rotatable bonds is 4. The van der Waals surface area contributed by atoms with Crippen LogP contribution < -0.4 is 11.1 Å². The summed E-state index contributed by atoms with van der Waals surface area (Å²) in [4.78, 5) is 15.4. The lowest BCUT2D eigenvalue weighted by atomic mass is 10.1. The summed E-state index contributed by atoms with van der Waals surface area (Å²) in [5.74, 6) is 2.35. The normalized spacial score (nSPS) is 9.60. The van der Waals surface area contributed by atoms with E-state index in [1.807, 2.05) is 0 Å². The molecule has 0 amide bonds. The molecule has 3 N–H and O–H groups in total. The number of ketones is 1. The minimum Gasteiger partial charge on any atom is -0.383 e. The van der Waals surface area contributed by atoms with Crippen molar-refractivity contribution in [3.63, 3.8) is 0 Å². The van der Waals surface area contributed by atoms with Crippen molar-refractivity contribution in [2.24, 2.45) is 0 Å². The van der Waals surface area contributed by atoms with Gasteiger partial charge in [-0.3, -0.25) is 10.1 Å². The maximum Gasteiger partial charge on any atom is 0.180 e. The lowest BCUT2D eigenvalue weighted by Gasteiger charge is -2.04.